The molecule has 2 atom stereocenters. The Morgan fingerprint density at radius 2 is 2.38 bits per heavy atom. The second-order valence-corrected chi connectivity index (χ2v) is 4.56. The first kappa shape index (κ1) is 11.4. The highest BCUT2D eigenvalue weighted by atomic mass is 35.5. The third-order valence-corrected chi connectivity index (χ3v) is 3.11. The number of aryl methyl sites for hydroxylation is 1. The topological polar surface area (TPSA) is 49.3 Å². The summed E-state index contributed by atoms with van der Waals surface area (Å²) in [5.74, 6) is -0.326. The van der Waals surface area contributed by atoms with Gasteiger partial charge in [0.25, 0.3) is 0 Å². The summed E-state index contributed by atoms with van der Waals surface area (Å²) < 4.78 is 0. The SMILES string of the molecule is CC(O)C(=O)NC1CCc2cc(Cl)ccc21. The molecule has 0 aromatic heterocycles. The molecular formula is C12H14ClNO2. The average Bonchev–Trinajstić information content (AvgIpc) is 2.60. The second kappa shape index (κ2) is 4.44. The first-order valence-electron chi connectivity index (χ1n) is 5.34. The van der Waals surface area contributed by atoms with Crippen LogP contribution in [0.5, 0.6) is 0 Å². The lowest BCUT2D eigenvalue weighted by atomic mass is 10.1. The van der Waals surface area contributed by atoms with Gasteiger partial charge in [0.05, 0.1) is 6.04 Å². The van der Waals surface area contributed by atoms with Crippen molar-refractivity contribution in [3.05, 3.63) is 34.3 Å². The molecular weight excluding hydrogens is 226 g/mol. The van der Waals surface area contributed by atoms with E-state index in [2.05, 4.69) is 5.32 Å². The van der Waals surface area contributed by atoms with Crippen molar-refractivity contribution in [1.29, 1.82) is 0 Å². The molecule has 86 valence electrons. The molecule has 1 aliphatic rings. The molecule has 0 saturated heterocycles. The van der Waals surface area contributed by atoms with Gasteiger partial charge in [0.15, 0.2) is 0 Å². The van der Waals surface area contributed by atoms with Crippen molar-refractivity contribution in [3.63, 3.8) is 0 Å². The minimum Gasteiger partial charge on any atom is -0.384 e. The van der Waals surface area contributed by atoms with Gasteiger partial charge in [-0.25, -0.2) is 0 Å². The fourth-order valence-corrected chi connectivity index (χ4v) is 2.22. The molecule has 1 amide bonds. The van der Waals surface area contributed by atoms with Crippen LogP contribution in [0, 0.1) is 0 Å². The third-order valence-electron chi connectivity index (χ3n) is 2.88. The molecule has 0 aliphatic heterocycles. The lowest BCUT2D eigenvalue weighted by Crippen LogP contribution is -2.34. The number of carbonyl (C=O) groups is 1. The Bertz CT molecular complexity index is 417. The quantitative estimate of drug-likeness (QED) is 0.827. The number of carbonyl (C=O) groups excluding carboxylic acids is 1. The molecule has 0 heterocycles. The number of hydrogen-bond acceptors (Lipinski definition) is 2. The van der Waals surface area contributed by atoms with Gasteiger partial charge in [-0.05, 0) is 43.0 Å². The number of aliphatic hydroxyl groups excluding tert-OH is 1. The van der Waals surface area contributed by atoms with E-state index in [-0.39, 0.29) is 11.9 Å². The van der Waals surface area contributed by atoms with Crippen LogP contribution < -0.4 is 5.32 Å². The maximum atomic E-state index is 11.4. The minimum absolute atomic E-state index is 0.00867. The van der Waals surface area contributed by atoms with E-state index in [4.69, 9.17) is 16.7 Å². The molecule has 16 heavy (non-hydrogen) atoms. The van der Waals surface area contributed by atoms with Gasteiger partial charge >= 0.3 is 0 Å². The van der Waals surface area contributed by atoms with Crippen LogP contribution in [0.15, 0.2) is 18.2 Å². The van der Waals surface area contributed by atoms with Gasteiger partial charge in [-0.15, -0.1) is 0 Å². The Morgan fingerprint density at radius 3 is 3.06 bits per heavy atom. The molecule has 1 aromatic rings. The number of fused-ring (bicyclic) bond motifs is 1. The molecule has 3 nitrogen and oxygen atoms in total. The molecule has 4 heteroatoms. The Balaban J connectivity index is 2.15. The summed E-state index contributed by atoms with van der Waals surface area (Å²) in [7, 11) is 0. The Kier molecular flexibility index (Phi) is 3.17. The molecule has 1 aromatic carbocycles. The van der Waals surface area contributed by atoms with Crippen LogP contribution in [0.2, 0.25) is 5.02 Å². The number of halogens is 1. The summed E-state index contributed by atoms with van der Waals surface area (Å²) in [5.41, 5.74) is 2.29. The monoisotopic (exact) mass is 239 g/mol. The zero-order valence-corrected chi connectivity index (χ0v) is 9.79. The van der Waals surface area contributed by atoms with E-state index in [1.54, 1.807) is 0 Å². The fourth-order valence-electron chi connectivity index (χ4n) is 2.03. The van der Waals surface area contributed by atoms with E-state index in [0.717, 1.165) is 23.4 Å². The van der Waals surface area contributed by atoms with Crippen molar-refractivity contribution in [1.82, 2.24) is 5.32 Å². The molecule has 2 unspecified atom stereocenters. The second-order valence-electron chi connectivity index (χ2n) is 4.12. The summed E-state index contributed by atoms with van der Waals surface area (Å²) in [4.78, 5) is 11.4. The summed E-state index contributed by atoms with van der Waals surface area (Å²) in [5, 5.41) is 12.7. The number of nitrogens with one attached hydrogen (secondary N) is 1. The summed E-state index contributed by atoms with van der Waals surface area (Å²) in [6.07, 6.45) is 0.825. The first-order chi connectivity index (χ1) is 7.58. The van der Waals surface area contributed by atoms with Gasteiger partial charge in [-0.1, -0.05) is 17.7 Å². The van der Waals surface area contributed by atoms with E-state index < -0.39 is 6.10 Å². The fraction of sp³-hybridized carbons (Fsp3) is 0.417. The van der Waals surface area contributed by atoms with E-state index in [1.165, 1.54) is 12.5 Å². The summed E-state index contributed by atoms with van der Waals surface area (Å²) in [6.45, 7) is 1.47. The number of rotatable bonds is 2. The van der Waals surface area contributed by atoms with Gasteiger partial charge in [-0.2, -0.15) is 0 Å². The van der Waals surface area contributed by atoms with Crippen LogP contribution in [-0.4, -0.2) is 17.1 Å². The standard InChI is InChI=1S/C12H14ClNO2/c1-7(15)12(16)14-11-5-2-8-6-9(13)3-4-10(8)11/h3-4,6-7,11,15H,2,5H2,1H3,(H,14,16). The number of aliphatic hydroxyl groups is 1. The van der Waals surface area contributed by atoms with Crippen molar-refractivity contribution in [2.45, 2.75) is 31.9 Å². The van der Waals surface area contributed by atoms with Gasteiger partial charge in [0.1, 0.15) is 6.10 Å². The van der Waals surface area contributed by atoms with Crippen molar-refractivity contribution in [3.8, 4) is 0 Å². The number of benzene rings is 1. The molecule has 0 saturated carbocycles. The summed E-state index contributed by atoms with van der Waals surface area (Å²) in [6, 6.07) is 5.71. The predicted molar refractivity (Wildman–Crippen MR) is 62.3 cm³/mol. The van der Waals surface area contributed by atoms with Crippen molar-refractivity contribution in [2.24, 2.45) is 0 Å². The van der Waals surface area contributed by atoms with Crippen LogP contribution in [0.4, 0.5) is 0 Å². The average molecular weight is 240 g/mol. The molecule has 2 N–H and O–H groups in total. The van der Waals surface area contributed by atoms with E-state index >= 15 is 0 Å². The van der Waals surface area contributed by atoms with Gasteiger partial charge < -0.3 is 10.4 Å². The minimum atomic E-state index is -0.962. The lowest BCUT2D eigenvalue weighted by molar-refractivity contribution is -0.129. The first-order valence-corrected chi connectivity index (χ1v) is 5.72. The van der Waals surface area contributed by atoms with E-state index in [9.17, 15) is 4.79 Å². The largest absolute Gasteiger partial charge is 0.384 e. The van der Waals surface area contributed by atoms with Gasteiger partial charge in [0, 0.05) is 5.02 Å². The molecule has 2 rings (SSSR count). The van der Waals surface area contributed by atoms with Crippen LogP contribution >= 0.6 is 11.6 Å². The van der Waals surface area contributed by atoms with Crippen LogP contribution in [0.3, 0.4) is 0 Å². The maximum Gasteiger partial charge on any atom is 0.249 e. The van der Waals surface area contributed by atoms with Crippen molar-refractivity contribution >= 4 is 17.5 Å². The molecule has 0 spiro atoms. The highest BCUT2D eigenvalue weighted by Gasteiger charge is 2.24. The van der Waals surface area contributed by atoms with Crippen LogP contribution in [0.25, 0.3) is 0 Å². The molecule has 0 fully saturated rings. The lowest BCUT2D eigenvalue weighted by Gasteiger charge is -2.15. The molecule has 0 bridgehead atoms. The van der Waals surface area contributed by atoms with E-state index in [1.807, 2.05) is 18.2 Å². The molecule has 0 radical (unpaired) electrons. The highest BCUT2D eigenvalue weighted by molar-refractivity contribution is 6.30. The van der Waals surface area contributed by atoms with E-state index in [0.29, 0.717) is 0 Å². The van der Waals surface area contributed by atoms with Crippen molar-refractivity contribution in [2.75, 3.05) is 0 Å². The van der Waals surface area contributed by atoms with Gasteiger partial charge in [-0.3, -0.25) is 4.79 Å². The zero-order chi connectivity index (χ0) is 11.7. The van der Waals surface area contributed by atoms with Crippen molar-refractivity contribution < 1.29 is 9.90 Å². The number of hydrogen-bond donors (Lipinski definition) is 2. The summed E-state index contributed by atoms with van der Waals surface area (Å²) >= 11 is 5.90. The smallest absolute Gasteiger partial charge is 0.249 e. The Hall–Kier alpha value is -1.06. The predicted octanol–water partition coefficient (Wildman–Crippen LogP) is 1.82. The van der Waals surface area contributed by atoms with Crippen LogP contribution in [-0.2, 0) is 11.2 Å². The normalized spacial score (nSPS) is 20.3. The Labute approximate surface area is 99.4 Å². The Morgan fingerprint density at radius 1 is 1.62 bits per heavy atom. The van der Waals surface area contributed by atoms with Crippen LogP contribution in [0.1, 0.15) is 30.5 Å². The molecule has 1 aliphatic carbocycles. The zero-order valence-electron chi connectivity index (χ0n) is 9.03. The maximum absolute atomic E-state index is 11.4. The van der Waals surface area contributed by atoms with Gasteiger partial charge in [0.2, 0.25) is 5.91 Å². The number of amides is 1. The third kappa shape index (κ3) is 2.20. The highest BCUT2D eigenvalue weighted by Crippen LogP contribution is 2.32.